The van der Waals surface area contributed by atoms with Gasteiger partial charge in [-0.1, -0.05) is 12.1 Å². The van der Waals surface area contributed by atoms with Crippen LogP contribution >= 0.6 is 0 Å². The van der Waals surface area contributed by atoms with Gasteiger partial charge in [0.15, 0.2) is 0 Å². The zero-order valence-electron chi connectivity index (χ0n) is 18.9. The second-order valence-corrected chi connectivity index (χ2v) is 8.09. The fourth-order valence-corrected chi connectivity index (χ4v) is 4.20. The number of morpholine rings is 1. The van der Waals surface area contributed by atoms with E-state index in [9.17, 15) is 24.2 Å². The molecule has 0 radical (unpaired) electrons. The van der Waals surface area contributed by atoms with Gasteiger partial charge in [-0.25, -0.2) is 4.39 Å². The number of benzene rings is 2. The summed E-state index contributed by atoms with van der Waals surface area (Å²) in [5.74, 6) is -1.46. The Morgan fingerprint density at radius 2 is 1.74 bits per heavy atom. The first-order valence-electron chi connectivity index (χ1n) is 11.2. The lowest BCUT2D eigenvalue weighted by atomic mass is 10.1. The van der Waals surface area contributed by atoms with E-state index in [4.69, 9.17) is 9.47 Å². The van der Waals surface area contributed by atoms with Crippen molar-refractivity contribution in [3.05, 3.63) is 59.4 Å². The van der Waals surface area contributed by atoms with E-state index in [2.05, 4.69) is 0 Å². The van der Waals surface area contributed by atoms with Crippen molar-refractivity contribution in [3.8, 4) is 0 Å². The van der Waals surface area contributed by atoms with Crippen LogP contribution in [0.4, 0.5) is 15.8 Å². The van der Waals surface area contributed by atoms with E-state index in [0.717, 1.165) is 4.90 Å². The van der Waals surface area contributed by atoms with Crippen LogP contribution < -0.4 is 9.80 Å². The van der Waals surface area contributed by atoms with Crippen molar-refractivity contribution >= 4 is 23.2 Å². The molecule has 0 aromatic heterocycles. The number of halogens is 1. The van der Waals surface area contributed by atoms with Crippen LogP contribution in [0.5, 0.6) is 0 Å². The number of hydrogen-bond donors (Lipinski definition) is 2. The van der Waals surface area contributed by atoms with Gasteiger partial charge in [-0.05, 0) is 37.3 Å². The molecule has 2 aromatic carbocycles. The Labute approximate surface area is 196 Å². The Bertz CT molecular complexity index is 1010. The zero-order valence-corrected chi connectivity index (χ0v) is 18.9. The lowest BCUT2D eigenvalue weighted by molar-refractivity contribution is -0.0978. The molecule has 2 atom stereocenters. The monoisotopic (exact) mass is 473 g/mol. The maximum atomic E-state index is 15.0. The number of aliphatic hydroxyl groups excluding tert-OH is 2. The average Bonchev–Trinajstić information content (AvgIpc) is 3.08. The molecule has 1 fully saturated rings. The Morgan fingerprint density at radius 3 is 2.32 bits per heavy atom. The first kappa shape index (κ1) is 24.1. The molecule has 2 aromatic rings. The van der Waals surface area contributed by atoms with Crippen LogP contribution in [0.25, 0.3) is 0 Å². The van der Waals surface area contributed by atoms with Gasteiger partial charge in [0.2, 0.25) is 6.41 Å². The largest absolute Gasteiger partial charge is 0.389 e. The Hall–Kier alpha value is -3.05. The number of fused-ring (bicyclic) bond motifs is 1. The lowest BCUT2D eigenvalue weighted by Crippen LogP contribution is -2.47. The van der Waals surface area contributed by atoms with E-state index in [1.54, 1.807) is 43.3 Å². The predicted molar refractivity (Wildman–Crippen MR) is 122 cm³/mol. The number of β-amino-alcohol motifs (C(OH)–C–C–N with tert-alkyl or cyclic N) is 1. The number of carbonyl (C=O) groups excluding carboxylic acids is 2. The summed E-state index contributed by atoms with van der Waals surface area (Å²) in [6.45, 7) is 3.56. The minimum atomic E-state index is -1.46. The van der Waals surface area contributed by atoms with Gasteiger partial charge >= 0.3 is 0 Å². The van der Waals surface area contributed by atoms with Gasteiger partial charge in [0, 0.05) is 25.4 Å². The van der Waals surface area contributed by atoms with Crippen molar-refractivity contribution in [2.24, 2.45) is 0 Å². The van der Waals surface area contributed by atoms with E-state index < -0.39 is 30.1 Å². The highest BCUT2D eigenvalue weighted by molar-refractivity contribution is 6.21. The molecule has 0 bridgehead atoms. The van der Waals surface area contributed by atoms with Crippen molar-refractivity contribution < 1.29 is 33.7 Å². The molecule has 0 aliphatic carbocycles. The molecule has 1 saturated heterocycles. The van der Waals surface area contributed by atoms with Crippen molar-refractivity contribution in [2.75, 3.05) is 55.8 Å². The minimum Gasteiger partial charge on any atom is -0.389 e. The SMILES string of the molecule is CCOC(O)N(CC(O)CN1C(=O)c2ccccc2C1=O)c1ccc(N2CCOCC2)c(F)c1. The number of hydrogen-bond acceptors (Lipinski definition) is 8. The van der Waals surface area contributed by atoms with Crippen molar-refractivity contribution in [1.82, 2.24) is 4.90 Å². The topological polar surface area (TPSA) is 103 Å². The van der Waals surface area contributed by atoms with Gasteiger partial charge < -0.3 is 29.5 Å². The number of anilines is 2. The van der Waals surface area contributed by atoms with Gasteiger partial charge in [-0.3, -0.25) is 14.5 Å². The summed E-state index contributed by atoms with van der Waals surface area (Å²) in [5.41, 5.74) is 1.28. The number of amides is 2. The van der Waals surface area contributed by atoms with E-state index in [-0.39, 0.29) is 36.5 Å². The van der Waals surface area contributed by atoms with E-state index >= 15 is 0 Å². The molecule has 2 aliphatic rings. The molecule has 4 rings (SSSR count). The minimum absolute atomic E-state index is 0.181. The zero-order chi connectivity index (χ0) is 24.2. The number of imide groups is 1. The van der Waals surface area contributed by atoms with Crippen LogP contribution in [0.15, 0.2) is 42.5 Å². The summed E-state index contributed by atoms with van der Waals surface area (Å²) >= 11 is 0. The molecule has 2 N–H and O–H groups in total. The highest BCUT2D eigenvalue weighted by Crippen LogP contribution is 2.28. The van der Waals surface area contributed by atoms with Crippen LogP contribution in [0.3, 0.4) is 0 Å². The molecular formula is C24H28FN3O6. The molecule has 10 heteroatoms. The van der Waals surface area contributed by atoms with Crippen LogP contribution in [0.1, 0.15) is 27.6 Å². The first-order chi connectivity index (χ1) is 16.4. The lowest BCUT2D eigenvalue weighted by Gasteiger charge is -2.33. The molecule has 9 nitrogen and oxygen atoms in total. The highest BCUT2D eigenvalue weighted by atomic mass is 19.1. The summed E-state index contributed by atoms with van der Waals surface area (Å²) < 4.78 is 25.6. The van der Waals surface area contributed by atoms with Gasteiger partial charge in [-0.15, -0.1) is 0 Å². The number of nitrogens with zero attached hydrogens (tertiary/aromatic N) is 3. The van der Waals surface area contributed by atoms with Crippen molar-refractivity contribution in [1.29, 1.82) is 0 Å². The average molecular weight is 474 g/mol. The number of aliphatic hydroxyl groups is 2. The molecule has 2 amide bonds. The molecule has 2 heterocycles. The number of rotatable bonds is 9. The molecule has 34 heavy (non-hydrogen) atoms. The fourth-order valence-electron chi connectivity index (χ4n) is 4.20. The third kappa shape index (κ3) is 4.90. The van der Waals surface area contributed by atoms with Gasteiger partial charge in [-0.2, -0.15) is 0 Å². The standard InChI is InChI=1S/C24H28FN3O6/c1-2-34-24(32)27(16-7-8-21(20(25)13-16)26-9-11-33-12-10-26)14-17(29)15-28-22(30)18-5-3-4-6-19(18)23(28)31/h3-8,13,17,24,29,32H,2,9-12,14-15H2,1H3. The highest BCUT2D eigenvalue weighted by Gasteiger charge is 2.36. The number of carbonyl (C=O) groups is 2. The van der Waals surface area contributed by atoms with Gasteiger partial charge in [0.05, 0.1) is 49.2 Å². The summed E-state index contributed by atoms with van der Waals surface area (Å²) in [6, 6.07) is 11.0. The van der Waals surface area contributed by atoms with Crippen LogP contribution in [0, 0.1) is 5.82 Å². The van der Waals surface area contributed by atoms with Crippen molar-refractivity contribution in [3.63, 3.8) is 0 Å². The van der Waals surface area contributed by atoms with Crippen LogP contribution in [0.2, 0.25) is 0 Å². The smallest absolute Gasteiger partial charge is 0.261 e. The Morgan fingerprint density at radius 1 is 1.09 bits per heavy atom. The van der Waals surface area contributed by atoms with Crippen LogP contribution in [-0.2, 0) is 9.47 Å². The first-order valence-corrected chi connectivity index (χ1v) is 11.2. The van der Waals surface area contributed by atoms with E-state index in [1.807, 2.05) is 4.90 Å². The third-order valence-corrected chi connectivity index (χ3v) is 5.88. The maximum Gasteiger partial charge on any atom is 0.261 e. The normalized spacial score (nSPS) is 17.6. The summed E-state index contributed by atoms with van der Waals surface area (Å²) in [5, 5.41) is 21.3. The van der Waals surface area contributed by atoms with Gasteiger partial charge in [0.25, 0.3) is 11.8 Å². The maximum absolute atomic E-state index is 15.0. The molecule has 182 valence electrons. The molecular weight excluding hydrogens is 445 g/mol. The fraction of sp³-hybridized carbons (Fsp3) is 0.417. The van der Waals surface area contributed by atoms with Crippen LogP contribution in [-0.4, -0.2) is 85.4 Å². The van der Waals surface area contributed by atoms with E-state index in [1.165, 1.54) is 11.0 Å². The summed E-state index contributed by atoms with van der Waals surface area (Å²) in [6.07, 6.45) is -2.69. The number of ether oxygens (including phenoxy) is 2. The third-order valence-electron chi connectivity index (χ3n) is 5.88. The Balaban J connectivity index is 1.50. The predicted octanol–water partition coefficient (Wildman–Crippen LogP) is 1.44. The summed E-state index contributed by atoms with van der Waals surface area (Å²) in [7, 11) is 0. The summed E-state index contributed by atoms with van der Waals surface area (Å²) in [4.78, 5) is 29.4. The second kappa shape index (κ2) is 10.5. The molecule has 2 aliphatic heterocycles. The molecule has 0 saturated carbocycles. The van der Waals surface area contributed by atoms with E-state index in [0.29, 0.717) is 32.0 Å². The van der Waals surface area contributed by atoms with Gasteiger partial charge in [0.1, 0.15) is 5.82 Å². The quantitative estimate of drug-likeness (QED) is 0.417. The second-order valence-electron chi connectivity index (χ2n) is 8.09. The Kier molecular flexibility index (Phi) is 7.42. The molecule has 2 unspecified atom stereocenters. The van der Waals surface area contributed by atoms with Crippen molar-refractivity contribution in [2.45, 2.75) is 19.4 Å². The molecule has 0 spiro atoms.